The van der Waals surface area contributed by atoms with Gasteiger partial charge in [-0.05, 0) is 26.0 Å². The van der Waals surface area contributed by atoms with Gasteiger partial charge in [0.15, 0.2) is 5.69 Å². The summed E-state index contributed by atoms with van der Waals surface area (Å²) in [6.07, 6.45) is 2.23. The fraction of sp³-hybridized carbons (Fsp3) is 0.105. The molecular weight excluding hydrogens is 288 g/mol. The van der Waals surface area contributed by atoms with E-state index in [0.717, 1.165) is 0 Å². The molecule has 4 aromatic rings. The first-order valence-corrected chi connectivity index (χ1v) is 8.26. The van der Waals surface area contributed by atoms with Crippen LogP contribution in [-0.2, 0) is 0 Å². The van der Waals surface area contributed by atoms with Gasteiger partial charge in [-0.15, -0.1) is 0 Å². The van der Waals surface area contributed by atoms with E-state index in [0.29, 0.717) is 0 Å². The Morgan fingerprint density at radius 1 is 0.909 bits per heavy atom. The molecule has 0 atom stereocenters. The van der Waals surface area contributed by atoms with Crippen LogP contribution in [0.1, 0.15) is 11.3 Å². The highest BCUT2D eigenvalue weighted by Gasteiger charge is 2.23. The van der Waals surface area contributed by atoms with Crippen LogP contribution in [0.15, 0.2) is 66.2 Å². The summed E-state index contributed by atoms with van der Waals surface area (Å²) in [6, 6.07) is 19.3. The number of imidazole rings is 1. The zero-order valence-electron chi connectivity index (χ0n) is 12.7. The lowest BCUT2D eigenvalue weighted by molar-refractivity contribution is -0.552. The molecule has 0 aliphatic heterocycles. The van der Waals surface area contributed by atoms with Crippen molar-refractivity contribution in [2.45, 2.75) is 13.8 Å². The molecule has 0 aliphatic rings. The van der Waals surface area contributed by atoms with Crippen molar-refractivity contribution < 1.29 is 4.57 Å². The number of para-hydroxylation sites is 1. The fourth-order valence-corrected chi connectivity index (χ4v) is 3.77. The van der Waals surface area contributed by atoms with Crippen molar-refractivity contribution in [2.75, 3.05) is 0 Å². The Morgan fingerprint density at radius 2 is 1.64 bits per heavy atom. The molecule has 0 fully saturated rings. The number of fused-ring (bicyclic) bond motifs is 1. The molecule has 0 aliphatic carbocycles. The summed E-state index contributed by atoms with van der Waals surface area (Å²) >= 11 is 1.78. The number of aromatic nitrogens is 2. The van der Waals surface area contributed by atoms with Gasteiger partial charge < -0.3 is 0 Å². The molecule has 2 nitrogen and oxygen atoms in total. The number of benzene rings is 2. The van der Waals surface area contributed by atoms with Gasteiger partial charge in [-0.3, -0.25) is 0 Å². The van der Waals surface area contributed by atoms with Gasteiger partial charge in [-0.25, -0.2) is 0 Å². The molecule has 0 spiro atoms. The maximum atomic E-state index is 2.34. The first-order valence-electron chi connectivity index (χ1n) is 7.38. The lowest BCUT2D eigenvalue weighted by atomic mass is 10.1. The second-order valence-corrected chi connectivity index (χ2v) is 6.42. The number of hydrogen-bond acceptors (Lipinski definition) is 1. The highest BCUT2D eigenvalue weighted by molar-refractivity contribution is 7.14. The summed E-state index contributed by atoms with van der Waals surface area (Å²) in [4.78, 5) is 1.24. The molecule has 3 heteroatoms. The van der Waals surface area contributed by atoms with E-state index in [9.17, 15) is 0 Å². The minimum atomic E-state index is 1.20. The Balaban J connectivity index is 2.03. The van der Waals surface area contributed by atoms with Crippen LogP contribution in [0, 0.1) is 13.8 Å². The van der Waals surface area contributed by atoms with E-state index in [4.69, 9.17) is 0 Å². The average molecular weight is 305 g/mol. The number of thiazole rings is 1. The highest BCUT2D eigenvalue weighted by Crippen LogP contribution is 2.24. The summed E-state index contributed by atoms with van der Waals surface area (Å²) in [5.41, 5.74) is 6.21. The third-order valence-corrected chi connectivity index (χ3v) is 5.02. The van der Waals surface area contributed by atoms with E-state index in [-0.39, 0.29) is 0 Å². The molecule has 22 heavy (non-hydrogen) atoms. The summed E-state index contributed by atoms with van der Waals surface area (Å²) in [5.74, 6) is 0. The van der Waals surface area contributed by atoms with Crippen LogP contribution >= 0.6 is 11.3 Å². The van der Waals surface area contributed by atoms with Crippen LogP contribution in [0.5, 0.6) is 0 Å². The summed E-state index contributed by atoms with van der Waals surface area (Å²) in [5, 5.41) is 2.20. The maximum Gasteiger partial charge on any atom is 0.351 e. The van der Waals surface area contributed by atoms with Crippen LogP contribution in [0.3, 0.4) is 0 Å². The van der Waals surface area contributed by atoms with Crippen LogP contribution in [0.25, 0.3) is 21.9 Å². The second kappa shape index (κ2) is 5.11. The summed E-state index contributed by atoms with van der Waals surface area (Å²) < 4.78 is 4.61. The summed E-state index contributed by atoms with van der Waals surface area (Å²) in [6.45, 7) is 4.27. The van der Waals surface area contributed by atoms with E-state index < -0.39 is 0 Å². The number of rotatable bonds is 2. The lowest BCUT2D eigenvalue weighted by Gasteiger charge is -2.02. The van der Waals surface area contributed by atoms with Gasteiger partial charge in [-0.2, -0.15) is 8.97 Å². The molecule has 0 radical (unpaired) electrons. The van der Waals surface area contributed by atoms with Crippen molar-refractivity contribution >= 4 is 16.3 Å². The Hall–Kier alpha value is -2.39. The van der Waals surface area contributed by atoms with Crippen LogP contribution in [0.4, 0.5) is 0 Å². The molecule has 0 saturated carbocycles. The first kappa shape index (κ1) is 13.3. The molecule has 0 N–H and O–H groups in total. The van der Waals surface area contributed by atoms with Crippen molar-refractivity contribution in [2.24, 2.45) is 0 Å². The monoisotopic (exact) mass is 305 g/mol. The van der Waals surface area contributed by atoms with Crippen molar-refractivity contribution in [1.29, 1.82) is 0 Å². The molecule has 108 valence electrons. The minimum Gasteiger partial charge on any atom is -0.189 e. The van der Waals surface area contributed by atoms with Gasteiger partial charge in [0.2, 0.25) is 0 Å². The molecule has 0 unspecified atom stereocenters. The molecule has 2 aromatic heterocycles. The van der Waals surface area contributed by atoms with Crippen molar-refractivity contribution in [3.8, 4) is 16.9 Å². The molecule has 4 rings (SSSR count). The van der Waals surface area contributed by atoms with E-state index >= 15 is 0 Å². The van der Waals surface area contributed by atoms with Gasteiger partial charge in [0.1, 0.15) is 17.6 Å². The quantitative estimate of drug-likeness (QED) is 0.480. The predicted octanol–water partition coefficient (Wildman–Crippen LogP) is 4.56. The number of aryl methyl sites for hydroxylation is 2. The van der Waals surface area contributed by atoms with E-state index in [1.165, 1.54) is 33.2 Å². The predicted molar refractivity (Wildman–Crippen MR) is 91.7 cm³/mol. The minimum absolute atomic E-state index is 1.20. The molecule has 2 aromatic carbocycles. The van der Waals surface area contributed by atoms with Gasteiger partial charge in [-0.1, -0.05) is 59.4 Å². The smallest absolute Gasteiger partial charge is 0.189 e. The summed E-state index contributed by atoms with van der Waals surface area (Å²) in [7, 11) is 0. The number of hydrogen-bond donors (Lipinski definition) is 0. The van der Waals surface area contributed by atoms with Gasteiger partial charge in [0.25, 0.3) is 0 Å². The molecule has 0 amide bonds. The Morgan fingerprint density at radius 3 is 2.36 bits per heavy atom. The van der Waals surface area contributed by atoms with Crippen molar-refractivity contribution in [3.63, 3.8) is 0 Å². The Bertz CT molecular complexity index is 931. The standard InChI is InChI=1S/C19H17N2S/c1-14-8-10-16(11-9-14)18-12-20-15(2)13-22-19(20)21(18)17-6-4-3-5-7-17/h3-13H,1-2H3/q+1. The van der Waals surface area contributed by atoms with Crippen molar-refractivity contribution in [3.05, 3.63) is 77.4 Å². The SMILES string of the molecule is Cc1ccc(-c2cn3c(C)csc3[n+]2-c2ccccc2)cc1. The Labute approximate surface area is 133 Å². The molecule has 2 heterocycles. The van der Waals surface area contributed by atoms with Gasteiger partial charge in [0.05, 0.1) is 0 Å². The Kier molecular flexibility index (Phi) is 3.09. The second-order valence-electron chi connectivity index (χ2n) is 5.58. The fourth-order valence-electron chi connectivity index (χ4n) is 2.76. The van der Waals surface area contributed by atoms with E-state index in [1.54, 1.807) is 11.3 Å². The average Bonchev–Trinajstić information content (AvgIpc) is 3.09. The van der Waals surface area contributed by atoms with E-state index in [2.05, 4.69) is 89.0 Å². The number of nitrogens with zero attached hydrogens (tertiary/aromatic N) is 2. The van der Waals surface area contributed by atoms with Crippen LogP contribution in [-0.4, -0.2) is 4.40 Å². The highest BCUT2D eigenvalue weighted by atomic mass is 32.1. The molecular formula is C19H17N2S+. The first-order chi connectivity index (χ1) is 10.7. The zero-order valence-corrected chi connectivity index (χ0v) is 13.5. The topological polar surface area (TPSA) is 8.29 Å². The lowest BCUT2D eigenvalue weighted by Crippen LogP contribution is -2.31. The molecule has 0 saturated heterocycles. The van der Waals surface area contributed by atoms with Crippen molar-refractivity contribution in [1.82, 2.24) is 4.40 Å². The third-order valence-electron chi connectivity index (χ3n) is 3.97. The van der Waals surface area contributed by atoms with Crippen LogP contribution < -0.4 is 4.57 Å². The normalized spacial score (nSPS) is 11.2. The zero-order chi connectivity index (χ0) is 15.1. The van der Waals surface area contributed by atoms with E-state index in [1.807, 2.05) is 0 Å². The molecule has 0 bridgehead atoms. The van der Waals surface area contributed by atoms with Crippen LogP contribution in [0.2, 0.25) is 0 Å². The maximum absolute atomic E-state index is 2.34. The third kappa shape index (κ3) is 2.06. The van der Waals surface area contributed by atoms with Gasteiger partial charge in [0, 0.05) is 10.9 Å². The largest absolute Gasteiger partial charge is 0.351 e. The van der Waals surface area contributed by atoms with Gasteiger partial charge >= 0.3 is 4.96 Å².